The van der Waals surface area contributed by atoms with Crippen molar-refractivity contribution in [3.63, 3.8) is 0 Å². The molecule has 1 atom stereocenters. The number of benzene rings is 3. The number of alkyl carbamates (subject to hydrolysis) is 1. The van der Waals surface area contributed by atoms with Gasteiger partial charge in [0.25, 0.3) is 5.56 Å². The Morgan fingerprint density at radius 1 is 1.00 bits per heavy atom. The van der Waals surface area contributed by atoms with E-state index in [1.54, 1.807) is 26.8 Å². The SMILES string of the molecule is CC(=O)N(c1nn(C)c2c(-n3c([C@H](Cc4cc(F)cc(F)c4)NC(=O)OC(C)(C)C)nc4nc(Oc5ccccc5F)ccc4c3=O)ccc(Cl)c12)S(C)(=O)=O. The molecule has 0 aliphatic rings. The number of pyridine rings is 1. The summed E-state index contributed by atoms with van der Waals surface area (Å²) in [6.07, 6.45) is -0.544. The molecule has 3 aromatic heterocycles. The van der Waals surface area contributed by atoms with Crippen molar-refractivity contribution in [2.45, 2.75) is 45.8 Å². The number of carbonyl (C=O) groups excluding carboxylic acids is 2. The number of hydrogen-bond donors (Lipinski definition) is 1. The van der Waals surface area contributed by atoms with Gasteiger partial charge >= 0.3 is 6.09 Å². The molecular weight excluding hydrogens is 779 g/mol. The number of ether oxygens (including phenoxy) is 2. The van der Waals surface area contributed by atoms with E-state index in [1.165, 1.54) is 54.2 Å². The van der Waals surface area contributed by atoms with Gasteiger partial charge in [-0.2, -0.15) is 14.4 Å². The average Bonchev–Trinajstić information content (AvgIpc) is 3.40. The highest BCUT2D eigenvalue weighted by molar-refractivity contribution is 7.92. The van der Waals surface area contributed by atoms with Crippen LogP contribution in [0.2, 0.25) is 5.02 Å². The number of rotatable bonds is 9. The minimum atomic E-state index is -4.25. The first-order chi connectivity index (χ1) is 26.2. The molecule has 0 saturated carbocycles. The molecule has 0 unspecified atom stereocenters. The lowest BCUT2D eigenvalue weighted by Gasteiger charge is -2.26. The molecule has 3 heterocycles. The van der Waals surface area contributed by atoms with Gasteiger partial charge in [-0.25, -0.2) is 31.4 Å². The van der Waals surface area contributed by atoms with E-state index in [4.69, 9.17) is 26.1 Å². The third kappa shape index (κ3) is 8.16. The number of anilines is 1. The number of nitrogens with zero attached hydrogens (tertiary/aromatic N) is 6. The van der Waals surface area contributed by atoms with Crippen molar-refractivity contribution in [3.05, 3.63) is 111 Å². The van der Waals surface area contributed by atoms with E-state index in [1.807, 2.05) is 0 Å². The van der Waals surface area contributed by atoms with Crippen LogP contribution >= 0.6 is 11.6 Å². The molecule has 6 aromatic rings. The monoisotopic (exact) mass is 811 g/mol. The number of sulfonamides is 1. The number of fused-ring (bicyclic) bond motifs is 2. The van der Waals surface area contributed by atoms with Crippen molar-refractivity contribution in [2.24, 2.45) is 7.05 Å². The summed E-state index contributed by atoms with van der Waals surface area (Å²) in [4.78, 5) is 49.9. The molecule has 6 rings (SSSR count). The molecule has 0 saturated heterocycles. The van der Waals surface area contributed by atoms with E-state index in [-0.39, 0.29) is 67.9 Å². The molecule has 0 aliphatic heterocycles. The van der Waals surface area contributed by atoms with Crippen molar-refractivity contribution in [2.75, 3.05) is 10.6 Å². The van der Waals surface area contributed by atoms with E-state index >= 15 is 0 Å². The van der Waals surface area contributed by atoms with Crippen LogP contribution in [0.3, 0.4) is 0 Å². The topological polar surface area (TPSA) is 168 Å². The number of amides is 2. The molecule has 0 fully saturated rings. The van der Waals surface area contributed by atoms with Gasteiger partial charge in [0.05, 0.1) is 39.3 Å². The molecule has 3 aromatic carbocycles. The first-order valence-corrected chi connectivity index (χ1v) is 18.9. The Labute approximate surface area is 322 Å². The lowest BCUT2D eigenvalue weighted by Crippen LogP contribution is -2.39. The molecule has 14 nitrogen and oxygen atoms in total. The van der Waals surface area contributed by atoms with E-state index in [0.29, 0.717) is 10.4 Å². The first kappa shape index (κ1) is 39.7. The molecule has 19 heteroatoms. The second-order valence-corrected chi connectivity index (χ2v) is 15.9. The highest BCUT2D eigenvalue weighted by Crippen LogP contribution is 2.38. The maximum absolute atomic E-state index is 14.8. The fourth-order valence-corrected chi connectivity index (χ4v) is 7.20. The number of para-hydroxylation sites is 1. The maximum Gasteiger partial charge on any atom is 0.408 e. The largest absolute Gasteiger partial charge is 0.444 e. The van der Waals surface area contributed by atoms with Crippen LogP contribution in [0, 0.1) is 17.5 Å². The van der Waals surface area contributed by atoms with Gasteiger partial charge in [-0.15, -0.1) is 0 Å². The van der Waals surface area contributed by atoms with Crippen molar-refractivity contribution < 1.29 is 40.7 Å². The Bertz CT molecular complexity index is 2720. The van der Waals surface area contributed by atoms with Crippen LogP contribution in [0.5, 0.6) is 11.6 Å². The second-order valence-electron chi connectivity index (χ2n) is 13.6. The standard InChI is InChI=1S/C37H33ClF3N7O7S/c1-19(49)48(56(6,52)53)34-30-24(38)12-13-27(31(30)46(5)45-34)47-33(26(42-36(51)55-37(2,3)4)17-20-15-21(39)18-22(40)16-20)44-32-23(35(47)50)11-14-29(43-32)54-28-10-8-7-9-25(28)41/h7-16,18,26H,17H2,1-6H3,(H,42,51)/t26-/m0/s1. The second kappa shape index (κ2) is 14.9. The zero-order valence-corrected chi connectivity index (χ0v) is 32.2. The summed E-state index contributed by atoms with van der Waals surface area (Å²) in [6.45, 7) is 5.86. The van der Waals surface area contributed by atoms with Gasteiger partial charge in [0, 0.05) is 32.5 Å². The van der Waals surface area contributed by atoms with Crippen LogP contribution in [-0.2, 0) is 33.0 Å². The Hall–Kier alpha value is -6.01. The molecule has 0 aliphatic carbocycles. The molecular formula is C37H33ClF3N7O7S. The minimum Gasteiger partial charge on any atom is -0.444 e. The van der Waals surface area contributed by atoms with Gasteiger partial charge in [0.15, 0.2) is 23.0 Å². The van der Waals surface area contributed by atoms with E-state index in [9.17, 15) is 36.0 Å². The van der Waals surface area contributed by atoms with Gasteiger partial charge < -0.3 is 14.8 Å². The average molecular weight is 812 g/mol. The highest BCUT2D eigenvalue weighted by atomic mass is 35.5. The summed E-state index contributed by atoms with van der Waals surface area (Å²) in [5.41, 5.74) is -1.95. The van der Waals surface area contributed by atoms with Gasteiger partial charge in [0.1, 0.15) is 23.1 Å². The van der Waals surface area contributed by atoms with Crippen molar-refractivity contribution in [1.29, 1.82) is 0 Å². The predicted molar refractivity (Wildman–Crippen MR) is 201 cm³/mol. The number of aryl methyl sites for hydroxylation is 1. The summed E-state index contributed by atoms with van der Waals surface area (Å²) >= 11 is 6.65. The maximum atomic E-state index is 14.8. The van der Waals surface area contributed by atoms with Gasteiger partial charge in [-0.3, -0.25) is 18.8 Å². The van der Waals surface area contributed by atoms with Gasteiger partial charge in [0.2, 0.25) is 21.8 Å². The zero-order valence-electron chi connectivity index (χ0n) is 30.6. The lowest BCUT2D eigenvalue weighted by molar-refractivity contribution is -0.115. The first-order valence-electron chi connectivity index (χ1n) is 16.7. The fourth-order valence-electron chi connectivity index (χ4n) is 6.05. The molecule has 2 amide bonds. The van der Waals surface area contributed by atoms with Crippen LogP contribution in [-0.4, -0.2) is 56.6 Å². The highest BCUT2D eigenvalue weighted by Gasteiger charge is 2.32. The number of hydrogen-bond acceptors (Lipinski definition) is 10. The van der Waals surface area contributed by atoms with Crippen molar-refractivity contribution in [3.8, 4) is 17.3 Å². The van der Waals surface area contributed by atoms with E-state index < -0.39 is 56.7 Å². The van der Waals surface area contributed by atoms with Crippen LogP contribution in [0.15, 0.2) is 71.5 Å². The molecule has 56 heavy (non-hydrogen) atoms. The summed E-state index contributed by atoms with van der Waals surface area (Å²) in [5, 5.41) is 6.79. The summed E-state index contributed by atoms with van der Waals surface area (Å²) in [7, 11) is -2.82. The third-order valence-electron chi connectivity index (χ3n) is 8.10. The van der Waals surface area contributed by atoms with Crippen LogP contribution in [0.4, 0.5) is 23.8 Å². The number of carbonyl (C=O) groups is 2. The Morgan fingerprint density at radius 3 is 2.30 bits per heavy atom. The summed E-state index contributed by atoms with van der Waals surface area (Å²) < 4.78 is 83.1. The number of aromatic nitrogens is 5. The summed E-state index contributed by atoms with van der Waals surface area (Å²) in [6, 6.07) is 12.3. The predicted octanol–water partition coefficient (Wildman–Crippen LogP) is 6.65. The normalized spacial score (nSPS) is 12.5. The van der Waals surface area contributed by atoms with Crippen LogP contribution in [0.25, 0.3) is 27.6 Å². The van der Waals surface area contributed by atoms with Crippen molar-refractivity contribution >= 4 is 61.4 Å². The number of nitrogens with one attached hydrogen (secondary N) is 1. The molecule has 292 valence electrons. The quantitative estimate of drug-likeness (QED) is 0.167. The summed E-state index contributed by atoms with van der Waals surface area (Å²) in [5.74, 6) is -4.37. The van der Waals surface area contributed by atoms with Gasteiger partial charge in [-0.1, -0.05) is 23.7 Å². The Kier molecular flexibility index (Phi) is 10.6. The smallest absolute Gasteiger partial charge is 0.408 e. The van der Waals surface area contributed by atoms with Crippen molar-refractivity contribution in [1.82, 2.24) is 29.6 Å². The Balaban J connectivity index is 1.68. The Morgan fingerprint density at radius 2 is 1.68 bits per heavy atom. The third-order valence-corrected chi connectivity index (χ3v) is 9.51. The lowest BCUT2D eigenvalue weighted by atomic mass is 10.0. The van der Waals surface area contributed by atoms with Crippen LogP contribution < -0.4 is 19.9 Å². The molecule has 0 bridgehead atoms. The molecule has 0 spiro atoms. The van der Waals surface area contributed by atoms with E-state index in [2.05, 4.69) is 15.4 Å². The molecule has 1 N–H and O–H groups in total. The van der Waals surface area contributed by atoms with Gasteiger partial charge in [-0.05, 0) is 68.8 Å². The van der Waals surface area contributed by atoms with Crippen LogP contribution in [0.1, 0.15) is 45.1 Å². The molecule has 0 radical (unpaired) electrons. The number of halogens is 4. The minimum absolute atomic E-state index is 0.00912. The zero-order chi connectivity index (χ0) is 40.9. The fraction of sp³-hybridized carbons (Fsp3) is 0.243. The van der Waals surface area contributed by atoms with E-state index in [0.717, 1.165) is 29.9 Å².